The number of nitrogens with zero attached hydrogens (tertiary/aromatic N) is 5. The van der Waals surface area contributed by atoms with E-state index in [0.717, 1.165) is 42.8 Å². The van der Waals surface area contributed by atoms with E-state index in [1.807, 2.05) is 24.2 Å². The Balaban J connectivity index is 1.11. The first-order chi connectivity index (χ1) is 18.2. The van der Waals surface area contributed by atoms with E-state index < -0.39 is 5.41 Å². The number of hydrogen-bond acceptors (Lipinski definition) is 5. The summed E-state index contributed by atoms with van der Waals surface area (Å²) in [5.41, 5.74) is 2.01. The molecule has 1 aromatic carbocycles. The van der Waals surface area contributed by atoms with Gasteiger partial charge in [0.2, 0.25) is 5.91 Å². The maximum Gasteiger partial charge on any atom is 0.253 e. The number of fused-ring (bicyclic) bond motifs is 2. The number of halogens is 2. The van der Waals surface area contributed by atoms with Crippen molar-refractivity contribution >= 4 is 34.9 Å². The molecule has 8 nitrogen and oxygen atoms in total. The van der Waals surface area contributed by atoms with Crippen molar-refractivity contribution in [2.45, 2.75) is 44.1 Å². The van der Waals surface area contributed by atoms with Gasteiger partial charge in [0.1, 0.15) is 11.2 Å². The zero-order valence-electron chi connectivity index (χ0n) is 21.5. The number of benzene rings is 1. The van der Waals surface area contributed by atoms with Crippen molar-refractivity contribution in [1.82, 2.24) is 20.1 Å². The molecule has 0 bridgehead atoms. The van der Waals surface area contributed by atoms with Crippen LogP contribution in [0.3, 0.4) is 0 Å². The van der Waals surface area contributed by atoms with Gasteiger partial charge >= 0.3 is 0 Å². The molecule has 1 saturated heterocycles. The molecule has 4 heterocycles. The smallest absolute Gasteiger partial charge is 0.253 e. The van der Waals surface area contributed by atoms with Gasteiger partial charge in [0, 0.05) is 56.9 Å². The van der Waals surface area contributed by atoms with E-state index in [-0.39, 0.29) is 23.7 Å². The summed E-state index contributed by atoms with van der Waals surface area (Å²) in [5.74, 6) is 0.698. The highest BCUT2D eigenvalue weighted by Gasteiger charge is 2.58. The van der Waals surface area contributed by atoms with Gasteiger partial charge in [0.05, 0.1) is 16.3 Å². The van der Waals surface area contributed by atoms with Gasteiger partial charge < -0.3 is 15.1 Å². The Morgan fingerprint density at radius 1 is 1.18 bits per heavy atom. The Hall–Kier alpha value is -3.46. The van der Waals surface area contributed by atoms with Crippen LogP contribution in [0.1, 0.15) is 47.3 Å². The minimum Gasteiger partial charge on any atom is -0.352 e. The lowest BCUT2D eigenvalue weighted by molar-refractivity contribution is -0.124. The van der Waals surface area contributed by atoms with E-state index in [2.05, 4.69) is 20.3 Å². The third kappa shape index (κ3) is 4.22. The van der Waals surface area contributed by atoms with Crippen LogP contribution >= 0.6 is 11.6 Å². The first-order valence-electron chi connectivity index (χ1n) is 13.0. The van der Waals surface area contributed by atoms with Crippen LogP contribution < -0.4 is 15.1 Å². The number of nitrogens with one attached hydrogen (secondary N) is 1. The topological polar surface area (TPSA) is 83.4 Å². The second-order valence-corrected chi connectivity index (χ2v) is 11.3. The largest absolute Gasteiger partial charge is 0.352 e. The molecule has 2 fully saturated rings. The van der Waals surface area contributed by atoms with Crippen molar-refractivity contribution in [3.8, 4) is 0 Å². The van der Waals surface area contributed by atoms with Gasteiger partial charge in [-0.1, -0.05) is 11.6 Å². The molecule has 10 heteroatoms. The third-order valence-corrected chi connectivity index (χ3v) is 8.49. The van der Waals surface area contributed by atoms with E-state index in [1.54, 1.807) is 23.7 Å². The van der Waals surface area contributed by atoms with Crippen molar-refractivity contribution in [2.75, 3.05) is 29.4 Å². The zero-order valence-corrected chi connectivity index (χ0v) is 22.2. The number of aryl methyl sites for hydroxylation is 2. The fourth-order valence-electron chi connectivity index (χ4n) is 6.18. The maximum absolute atomic E-state index is 14.3. The normalized spacial score (nSPS) is 21.9. The zero-order chi connectivity index (χ0) is 26.6. The van der Waals surface area contributed by atoms with Crippen LogP contribution in [0.4, 0.5) is 15.9 Å². The number of aromatic nitrogens is 3. The van der Waals surface area contributed by atoms with Gasteiger partial charge in [-0.25, -0.2) is 4.39 Å². The number of amides is 2. The van der Waals surface area contributed by atoms with Crippen molar-refractivity contribution in [2.24, 2.45) is 13.0 Å². The van der Waals surface area contributed by atoms with E-state index in [0.29, 0.717) is 41.8 Å². The van der Waals surface area contributed by atoms with Crippen molar-refractivity contribution in [1.29, 1.82) is 0 Å². The molecule has 2 amide bonds. The Bertz CT molecular complexity index is 1410. The molecule has 3 aromatic rings. The van der Waals surface area contributed by atoms with Crippen LogP contribution in [0.25, 0.3) is 0 Å². The fourth-order valence-corrected chi connectivity index (χ4v) is 6.34. The molecule has 6 rings (SSSR count). The molecule has 0 atom stereocenters. The molecule has 38 heavy (non-hydrogen) atoms. The Kier molecular flexibility index (Phi) is 6.13. The predicted octanol–water partition coefficient (Wildman–Crippen LogP) is 4.01. The Morgan fingerprint density at radius 3 is 2.66 bits per heavy atom. The second kappa shape index (κ2) is 9.38. The monoisotopic (exact) mass is 536 g/mol. The van der Waals surface area contributed by atoms with Crippen molar-refractivity contribution < 1.29 is 14.0 Å². The molecule has 0 unspecified atom stereocenters. The first-order valence-corrected chi connectivity index (χ1v) is 13.4. The molecular formula is C28H30ClFN6O2. The summed E-state index contributed by atoms with van der Waals surface area (Å²) < 4.78 is 16.1. The summed E-state index contributed by atoms with van der Waals surface area (Å²) >= 11 is 6.03. The van der Waals surface area contributed by atoms with Crippen molar-refractivity contribution in [3.63, 3.8) is 0 Å². The van der Waals surface area contributed by atoms with Crippen LogP contribution in [0.15, 0.2) is 42.7 Å². The summed E-state index contributed by atoms with van der Waals surface area (Å²) in [6, 6.07) is 8.35. The van der Waals surface area contributed by atoms with E-state index >= 15 is 0 Å². The molecule has 0 radical (unpaired) electrons. The average molecular weight is 537 g/mol. The number of anilines is 2. The van der Waals surface area contributed by atoms with Gasteiger partial charge in [-0.2, -0.15) is 5.10 Å². The molecule has 1 N–H and O–H groups in total. The van der Waals surface area contributed by atoms with Crippen LogP contribution in [0.5, 0.6) is 0 Å². The number of carbonyl (C=O) groups excluding carboxylic acids is 2. The minimum atomic E-state index is -0.733. The molecule has 1 aliphatic carbocycles. The Morgan fingerprint density at radius 2 is 1.95 bits per heavy atom. The molecule has 2 aliphatic heterocycles. The van der Waals surface area contributed by atoms with Crippen LogP contribution in [-0.2, 0) is 17.3 Å². The highest BCUT2D eigenvalue weighted by atomic mass is 35.5. The molecule has 3 aliphatic rings. The summed E-state index contributed by atoms with van der Waals surface area (Å²) in [5, 5.41) is 8.02. The molecule has 2 aromatic heterocycles. The van der Waals surface area contributed by atoms with Crippen LogP contribution in [0, 0.1) is 18.7 Å². The number of rotatable bonds is 5. The number of hydrogen-bond donors (Lipinski definition) is 1. The molecule has 198 valence electrons. The molecule has 1 saturated carbocycles. The minimum absolute atomic E-state index is 0.0460. The van der Waals surface area contributed by atoms with Gasteiger partial charge in [0.25, 0.3) is 5.91 Å². The van der Waals surface area contributed by atoms with Gasteiger partial charge in [0.15, 0.2) is 5.82 Å². The van der Waals surface area contributed by atoms with Crippen LogP contribution in [0.2, 0.25) is 5.02 Å². The van der Waals surface area contributed by atoms with E-state index in [1.165, 1.54) is 18.3 Å². The van der Waals surface area contributed by atoms with Crippen LogP contribution in [-0.4, -0.2) is 52.3 Å². The highest BCUT2D eigenvalue weighted by molar-refractivity contribution is 6.30. The quantitative estimate of drug-likeness (QED) is 0.533. The highest BCUT2D eigenvalue weighted by Crippen LogP contribution is 2.49. The molecule has 1 spiro atoms. The average Bonchev–Trinajstić information content (AvgIpc) is 3.39. The standard InChI is InChI=1S/C28H30ClFN6O2/c1-17-22(11-19(29)13-31-17)26(37)32-21-6-3-18(4-7-21)14-36-24-8-5-20(30)12-23(24)28(27(36)38)15-35(16-28)25-9-10-34(2)33-25/h5,8-13,18,21H,3-4,6-7,14-16H2,1-2H3,(H,32,37)/t18-,21-. The summed E-state index contributed by atoms with van der Waals surface area (Å²) in [7, 11) is 1.86. The summed E-state index contributed by atoms with van der Waals surface area (Å²) in [6.45, 7) is 3.38. The lowest BCUT2D eigenvalue weighted by Crippen LogP contribution is -2.64. The summed E-state index contributed by atoms with van der Waals surface area (Å²) in [6.07, 6.45) is 6.87. The van der Waals surface area contributed by atoms with E-state index in [4.69, 9.17) is 11.6 Å². The number of carbonyl (C=O) groups is 2. The van der Waals surface area contributed by atoms with Gasteiger partial charge in [-0.15, -0.1) is 0 Å². The SMILES string of the molecule is Cc1ncc(Cl)cc1C(=O)N[C@H]1CC[C@H](CN2C(=O)C3(CN(c4ccn(C)n4)C3)c3cc(F)ccc32)CC1. The van der Waals surface area contributed by atoms with E-state index in [9.17, 15) is 14.0 Å². The lowest BCUT2D eigenvalue weighted by atomic mass is 9.74. The molecular weight excluding hydrogens is 507 g/mol. The second-order valence-electron chi connectivity index (χ2n) is 10.8. The van der Waals surface area contributed by atoms with Crippen molar-refractivity contribution in [3.05, 3.63) is 70.4 Å². The van der Waals surface area contributed by atoms with Gasteiger partial charge in [-0.05, 0) is 68.4 Å². The third-order valence-electron chi connectivity index (χ3n) is 8.29. The number of pyridine rings is 1. The Labute approximate surface area is 225 Å². The predicted molar refractivity (Wildman–Crippen MR) is 143 cm³/mol. The van der Waals surface area contributed by atoms with Gasteiger partial charge in [-0.3, -0.25) is 19.3 Å². The first kappa shape index (κ1) is 24.9. The fraction of sp³-hybridized carbons (Fsp3) is 0.429. The maximum atomic E-state index is 14.3. The lowest BCUT2D eigenvalue weighted by Gasteiger charge is -2.47. The summed E-state index contributed by atoms with van der Waals surface area (Å²) in [4.78, 5) is 34.7.